The summed E-state index contributed by atoms with van der Waals surface area (Å²) in [5.74, 6) is -0.670. The van der Waals surface area contributed by atoms with Crippen molar-refractivity contribution in [2.75, 3.05) is 25.7 Å². The average Bonchev–Trinajstić information content (AvgIpc) is 2.78. The van der Waals surface area contributed by atoms with Crippen LogP contribution in [0.5, 0.6) is 5.75 Å². The summed E-state index contributed by atoms with van der Waals surface area (Å²) in [6.07, 6.45) is 1.75. The molecule has 0 radical (unpaired) electrons. The van der Waals surface area contributed by atoms with Crippen LogP contribution in [0.2, 0.25) is 0 Å². The Morgan fingerprint density at radius 3 is 2.20 bits per heavy atom. The van der Waals surface area contributed by atoms with Crippen molar-refractivity contribution in [3.05, 3.63) is 83.2 Å². The zero-order valence-corrected chi connectivity index (χ0v) is 17.5. The zero-order valence-electron chi connectivity index (χ0n) is 17.5. The number of allylic oxidation sites excluding steroid dienone is 2. The van der Waals surface area contributed by atoms with Gasteiger partial charge < -0.3 is 19.1 Å². The predicted molar refractivity (Wildman–Crippen MR) is 114 cm³/mol. The van der Waals surface area contributed by atoms with Gasteiger partial charge in [-0.2, -0.15) is 0 Å². The molecule has 30 heavy (non-hydrogen) atoms. The number of carbonyl (C=O) groups is 2. The molecule has 1 heterocycles. The highest BCUT2D eigenvalue weighted by Crippen LogP contribution is 2.40. The van der Waals surface area contributed by atoms with E-state index in [0.717, 1.165) is 11.3 Å². The van der Waals surface area contributed by atoms with Gasteiger partial charge in [0.15, 0.2) is 0 Å². The smallest absolute Gasteiger partial charge is 0.354 e. The van der Waals surface area contributed by atoms with Gasteiger partial charge in [0.05, 0.1) is 26.4 Å². The molecule has 6 nitrogen and oxygen atoms in total. The van der Waals surface area contributed by atoms with Crippen LogP contribution in [-0.4, -0.2) is 32.8 Å². The second-order valence-electron chi connectivity index (χ2n) is 6.68. The van der Waals surface area contributed by atoms with E-state index >= 15 is 0 Å². The van der Waals surface area contributed by atoms with E-state index in [2.05, 4.69) is 0 Å². The molecule has 1 atom stereocenters. The molecule has 6 heteroatoms. The summed E-state index contributed by atoms with van der Waals surface area (Å²) in [6.45, 7) is 3.83. The maximum atomic E-state index is 13.0. The quantitative estimate of drug-likeness (QED) is 0.669. The van der Waals surface area contributed by atoms with Gasteiger partial charge in [-0.05, 0) is 49.8 Å². The predicted octanol–water partition coefficient (Wildman–Crippen LogP) is 4.19. The Kier molecular flexibility index (Phi) is 6.57. The highest BCUT2D eigenvalue weighted by molar-refractivity contribution is 6.00. The second kappa shape index (κ2) is 9.31. The molecule has 0 fully saturated rings. The number of rotatable bonds is 6. The van der Waals surface area contributed by atoms with Gasteiger partial charge in [0.2, 0.25) is 0 Å². The van der Waals surface area contributed by atoms with Gasteiger partial charge in [0.25, 0.3) is 0 Å². The topological polar surface area (TPSA) is 65.1 Å². The van der Waals surface area contributed by atoms with Crippen molar-refractivity contribution in [1.29, 1.82) is 0 Å². The fraction of sp³-hybridized carbons (Fsp3) is 0.250. The van der Waals surface area contributed by atoms with Crippen molar-refractivity contribution in [1.82, 2.24) is 0 Å². The Labute approximate surface area is 176 Å². The third kappa shape index (κ3) is 4.08. The van der Waals surface area contributed by atoms with Crippen LogP contribution in [-0.2, 0) is 19.1 Å². The first-order valence-corrected chi connectivity index (χ1v) is 9.69. The second-order valence-corrected chi connectivity index (χ2v) is 6.68. The molecule has 0 bridgehead atoms. The molecule has 0 amide bonds. The molecule has 156 valence electrons. The van der Waals surface area contributed by atoms with Gasteiger partial charge in [0, 0.05) is 17.3 Å². The Balaban J connectivity index is 2.20. The van der Waals surface area contributed by atoms with Crippen molar-refractivity contribution >= 4 is 17.6 Å². The molecule has 0 N–H and O–H groups in total. The minimum atomic E-state index is -0.486. The van der Waals surface area contributed by atoms with Gasteiger partial charge in [-0.15, -0.1) is 0 Å². The number of methoxy groups -OCH3 is 2. The summed E-state index contributed by atoms with van der Waals surface area (Å²) in [4.78, 5) is 27.4. The maximum Gasteiger partial charge on any atom is 0.354 e. The standard InChI is InChI=1S/C24H25NO5/c1-5-30-24(27)22-16(2)25(18-9-7-6-8-10-18)21(23(26)29-4)15-20(22)17-11-13-19(28-3)14-12-17/h6-15,20H,5H2,1-4H3. The van der Waals surface area contributed by atoms with Crippen molar-refractivity contribution < 1.29 is 23.8 Å². The van der Waals surface area contributed by atoms with Crippen LogP contribution in [0.4, 0.5) is 5.69 Å². The van der Waals surface area contributed by atoms with Gasteiger partial charge >= 0.3 is 11.9 Å². The number of ether oxygens (including phenoxy) is 3. The highest BCUT2D eigenvalue weighted by atomic mass is 16.5. The Morgan fingerprint density at radius 2 is 1.63 bits per heavy atom. The monoisotopic (exact) mass is 407 g/mol. The molecule has 2 aromatic carbocycles. The lowest BCUT2D eigenvalue weighted by Gasteiger charge is -2.35. The lowest BCUT2D eigenvalue weighted by atomic mass is 9.85. The van der Waals surface area contributed by atoms with Crippen molar-refractivity contribution in [3.63, 3.8) is 0 Å². The SMILES string of the molecule is CCOC(=O)C1=C(C)N(c2ccccc2)C(C(=O)OC)=CC1c1ccc(OC)cc1. The van der Waals surface area contributed by atoms with Gasteiger partial charge in [0.1, 0.15) is 11.4 Å². The third-order valence-corrected chi connectivity index (χ3v) is 4.98. The van der Waals surface area contributed by atoms with Crippen LogP contribution in [0.25, 0.3) is 0 Å². The Hall–Kier alpha value is -3.54. The van der Waals surface area contributed by atoms with Crippen molar-refractivity contribution in [2.45, 2.75) is 19.8 Å². The van der Waals surface area contributed by atoms with Crippen LogP contribution in [0.3, 0.4) is 0 Å². The third-order valence-electron chi connectivity index (χ3n) is 4.98. The molecule has 0 spiro atoms. The number of anilines is 1. The summed E-state index contributed by atoms with van der Waals surface area (Å²) in [5, 5.41) is 0. The van der Waals surface area contributed by atoms with Crippen LogP contribution >= 0.6 is 0 Å². The summed E-state index contributed by atoms with van der Waals surface area (Å²) in [5.41, 5.74) is 3.02. The summed E-state index contributed by atoms with van der Waals surface area (Å²) < 4.78 is 15.6. The molecule has 0 aromatic heterocycles. The number of esters is 2. The normalized spacial score (nSPS) is 16.1. The zero-order chi connectivity index (χ0) is 21.7. The molecule has 0 aliphatic carbocycles. The molecule has 1 unspecified atom stereocenters. The van der Waals surface area contributed by atoms with Gasteiger partial charge in [-0.3, -0.25) is 0 Å². The lowest BCUT2D eigenvalue weighted by molar-refractivity contribution is -0.139. The number of nitrogens with zero attached hydrogens (tertiary/aromatic N) is 1. The Bertz CT molecular complexity index is 976. The molecular formula is C24H25NO5. The fourth-order valence-electron chi connectivity index (χ4n) is 3.57. The van der Waals surface area contributed by atoms with E-state index < -0.39 is 17.9 Å². The van der Waals surface area contributed by atoms with Crippen molar-refractivity contribution in [2.24, 2.45) is 0 Å². The van der Waals surface area contributed by atoms with Crippen LogP contribution in [0.1, 0.15) is 25.3 Å². The minimum Gasteiger partial charge on any atom is -0.497 e. The van der Waals surface area contributed by atoms with E-state index in [1.807, 2.05) is 61.5 Å². The number of hydrogen-bond acceptors (Lipinski definition) is 6. The summed E-state index contributed by atoms with van der Waals surface area (Å²) in [7, 11) is 2.94. The first-order valence-electron chi connectivity index (χ1n) is 9.69. The number of carbonyl (C=O) groups excluding carboxylic acids is 2. The first-order chi connectivity index (χ1) is 14.5. The van der Waals surface area contributed by atoms with Crippen LogP contribution < -0.4 is 9.64 Å². The van der Waals surface area contributed by atoms with E-state index in [1.54, 1.807) is 25.0 Å². The lowest BCUT2D eigenvalue weighted by Crippen LogP contribution is -2.34. The first kappa shape index (κ1) is 21.2. The van der Waals surface area contributed by atoms with Crippen molar-refractivity contribution in [3.8, 4) is 5.75 Å². The maximum absolute atomic E-state index is 13.0. The molecule has 0 saturated heterocycles. The molecular weight excluding hydrogens is 382 g/mol. The molecule has 3 rings (SSSR count). The van der Waals surface area contributed by atoms with Crippen LogP contribution in [0.15, 0.2) is 77.6 Å². The molecule has 1 aliphatic heterocycles. The molecule has 1 aliphatic rings. The van der Waals surface area contributed by atoms with E-state index in [4.69, 9.17) is 14.2 Å². The van der Waals surface area contributed by atoms with E-state index in [1.165, 1.54) is 7.11 Å². The summed E-state index contributed by atoms with van der Waals surface area (Å²) >= 11 is 0. The van der Waals surface area contributed by atoms with Gasteiger partial charge in [-0.25, -0.2) is 9.59 Å². The van der Waals surface area contributed by atoms with Gasteiger partial charge in [-0.1, -0.05) is 30.3 Å². The van der Waals surface area contributed by atoms with E-state index in [9.17, 15) is 9.59 Å². The van der Waals surface area contributed by atoms with Crippen LogP contribution in [0, 0.1) is 0 Å². The molecule has 2 aromatic rings. The summed E-state index contributed by atoms with van der Waals surface area (Å²) in [6, 6.07) is 16.8. The minimum absolute atomic E-state index is 0.254. The molecule has 0 saturated carbocycles. The number of benzene rings is 2. The van der Waals surface area contributed by atoms with E-state index in [0.29, 0.717) is 22.7 Å². The average molecular weight is 407 g/mol. The Morgan fingerprint density at radius 1 is 0.967 bits per heavy atom. The fourth-order valence-corrected chi connectivity index (χ4v) is 3.57. The largest absolute Gasteiger partial charge is 0.497 e. The number of hydrogen-bond donors (Lipinski definition) is 0. The number of para-hydroxylation sites is 1. The van der Waals surface area contributed by atoms with E-state index in [-0.39, 0.29) is 6.61 Å². The highest BCUT2D eigenvalue weighted by Gasteiger charge is 2.36.